The highest BCUT2D eigenvalue weighted by atomic mass is 16.1. The number of carbonyl (C=O) groups excluding carboxylic acids is 1. The topological polar surface area (TPSA) is 107 Å². The van der Waals surface area contributed by atoms with Gasteiger partial charge in [0.2, 0.25) is 5.91 Å². The smallest absolute Gasteiger partial charge is 0.219 e. The molecule has 0 bridgehead atoms. The first-order valence-electron chi connectivity index (χ1n) is 5.46. The fraction of sp³-hybridized carbons (Fsp3) is 0.545. The van der Waals surface area contributed by atoms with Crippen LogP contribution in [0.3, 0.4) is 0 Å². The number of nitrogens with one attached hydrogen (secondary N) is 1. The number of carbonyl (C=O) groups is 1. The summed E-state index contributed by atoms with van der Waals surface area (Å²) in [5.41, 5.74) is 10.6. The molecule has 5 N–H and O–H groups in total. The van der Waals surface area contributed by atoms with Gasteiger partial charge in [-0.3, -0.25) is 4.79 Å². The zero-order chi connectivity index (χ0) is 13.1. The Morgan fingerprint density at radius 3 is 2.59 bits per heavy atom. The third-order valence-electron chi connectivity index (χ3n) is 2.09. The normalized spacial score (nSPS) is 11.2. The van der Waals surface area contributed by atoms with E-state index in [9.17, 15) is 4.79 Å². The number of rotatable bonds is 4. The maximum atomic E-state index is 10.6. The van der Waals surface area contributed by atoms with Gasteiger partial charge in [0.05, 0.1) is 0 Å². The summed E-state index contributed by atoms with van der Waals surface area (Å²) in [7, 11) is 0. The summed E-state index contributed by atoms with van der Waals surface area (Å²) in [5.74, 6) is 1.34. The molecule has 6 heteroatoms. The Labute approximate surface area is 101 Å². The highest BCUT2D eigenvalue weighted by Gasteiger charge is 2.18. The van der Waals surface area contributed by atoms with Gasteiger partial charge in [-0.1, -0.05) is 20.8 Å². The van der Waals surface area contributed by atoms with E-state index < -0.39 is 0 Å². The first-order valence-corrected chi connectivity index (χ1v) is 5.46. The highest BCUT2D eigenvalue weighted by molar-refractivity contribution is 5.74. The van der Waals surface area contributed by atoms with Crippen molar-refractivity contribution in [2.75, 3.05) is 17.6 Å². The summed E-state index contributed by atoms with van der Waals surface area (Å²) in [4.78, 5) is 19.1. The molecule has 0 radical (unpaired) electrons. The Morgan fingerprint density at radius 1 is 1.41 bits per heavy atom. The number of hydrogen-bond donors (Lipinski definition) is 3. The fourth-order valence-electron chi connectivity index (χ4n) is 1.21. The Kier molecular flexibility index (Phi) is 3.88. The van der Waals surface area contributed by atoms with Crippen molar-refractivity contribution in [3.8, 4) is 0 Å². The van der Waals surface area contributed by atoms with Gasteiger partial charge in [0, 0.05) is 24.4 Å². The van der Waals surface area contributed by atoms with Crippen molar-refractivity contribution in [2.45, 2.75) is 32.6 Å². The number of anilines is 2. The molecule has 1 heterocycles. The quantitative estimate of drug-likeness (QED) is 0.712. The van der Waals surface area contributed by atoms with Crippen LogP contribution in [0.5, 0.6) is 0 Å². The Bertz CT molecular complexity index is 411. The fourth-order valence-corrected chi connectivity index (χ4v) is 1.21. The SMILES string of the molecule is CC(C)(C)c1nc(N)cc(NCCC(N)=O)n1. The van der Waals surface area contributed by atoms with Crippen LogP contribution in [-0.2, 0) is 10.2 Å². The maximum Gasteiger partial charge on any atom is 0.219 e. The molecule has 0 spiro atoms. The lowest BCUT2D eigenvalue weighted by Gasteiger charge is -2.18. The molecular formula is C11H19N5O. The van der Waals surface area contributed by atoms with E-state index in [4.69, 9.17) is 11.5 Å². The molecule has 17 heavy (non-hydrogen) atoms. The van der Waals surface area contributed by atoms with Crippen LogP contribution in [0, 0.1) is 0 Å². The van der Waals surface area contributed by atoms with Gasteiger partial charge < -0.3 is 16.8 Å². The van der Waals surface area contributed by atoms with E-state index in [1.165, 1.54) is 0 Å². The number of hydrogen-bond acceptors (Lipinski definition) is 5. The minimum Gasteiger partial charge on any atom is -0.384 e. The zero-order valence-corrected chi connectivity index (χ0v) is 10.4. The van der Waals surface area contributed by atoms with Crippen molar-refractivity contribution in [3.05, 3.63) is 11.9 Å². The van der Waals surface area contributed by atoms with E-state index in [0.29, 0.717) is 24.0 Å². The van der Waals surface area contributed by atoms with Crippen molar-refractivity contribution >= 4 is 17.5 Å². The van der Waals surface area contributed by atoms with Crippen molar-refractivity contribution < 1.29 is 4.79 Å². The van der Waals surface area contributed by atoms with Crippen molar-refractivity contribution in [2.24, 2.45) is 5.73 Å². The van der Waals surface area contributed by atoms with Gasteiger partial charge in [-0.25, -0.2) is 9.97 Å². The second kappa shape index (κ2) is 4.99. The van der Waals surface area contributed by atoms with Gasteiger partial charge in [-0.2, -0.15) is 0 Å². The number of nitrogens with zero attached hydrogens (tertiary/aromatic N) is 2. The third-order valence-corrected chi connectivity index (χ3v) is 2.09. The van der Waals surface area contributed by atoms with Crippen LogP contribution in [0.15, 0.2) is 6.07 Å². The standard InChI is InChI=1S/C11H19N5O/c1-11(2,3)10-15-7(12)6-9(16-10)14-5-4-8(13)17/h6H,4-5H2,1-3H3,(H2,13,17)(H3,12,14,15,16). The molecule has 0 fully saturated rings. The minimum absolute atomic E-state index is 0.171. The van der Waals surface area contributed by atoms with Crippen LogP contribution in [0.4, 0.5) is 11.6 Å². The Balaban J connectivity index is 2.79. The molecule has 1 aromatic heterocycles. The molecule has 0 aliphatic carbocycles. The highest BCUT2D eigenvalue weighted by Crippen LogP contribution is 2.20. The van der Waals surface area contributed by atoms with Gasteiger partial charge in [-0.05, 0) is 0 Å². The van der Waals surface area contributed by atoms with Gasteiger partial charge in [0.15, 0.2) is 0 Å². The molecule has 1 aromatic rings. The van der Waals surface area contributed by atoms with E-state index in [1.54, 1.807) is 6.07 Å². The second-order valence-corrected chi connectivity index (χ2v) is 4.89. The summed E-state index contributed by atoms with van der Waals surface area (Å²) in [5, 5.41) is 3.00. The zero-order valence-electron chi connectivity index (χ0n) is 10.4. The summed E-state index contributed by atoms with van der Waals surface area (Å²) in [6, 6.07) is 1.64. The van der Waals surface area contributed by atoms with E-state index in [2.05, 4.69) is 15.3 Å². The summed E-state index contributed by atoms with van der Waals surface area (Å²) >= 11 is 0. The van der Waals surface area contributed by atoms with E-state index in [1.807, 2.05) is 20.8 Å². The first-order chi connectivity index (χ1) is 7.79. The van der Waals surface area contributed by atoms with E-state index >= 15 is 0 Å². The monoisotopic (exact) mass is 237 g/mol. The van der Waals surface area contributed by atoms with Crippen molar-refractivity contribution in [1.29, 1.82) is 0 Å². The molecule has 1 amide bonds. The largest absolute Gasteiger partial charge is 0.384 e. The number of nitrogen functional groups attached to an aromatic ring is 1. The predicted octanol–water partition coefficient (Wildman–Crippen LogP) is 0.644. The molecule has 0 aromatic carbocycles. The number of amides is 1. The summed E-state index contributed by atoms with van der Waals surface area (Å²) in [6.45, 7) is 6.47. The van der Waals surface area contributed by atoms with Gasteiger partial charge >= 0.3 is 0 Å². The van der Waals surface area contributed by atoms with Crippen LogP contribution in [0.2, 0.25) is 0 Å². The minimum atomic E-state index is -0.351. The van der Waals surface area contributed by atoms with Crippen LogP contribution < -0.4 is 16.8 Å². The molecule has 0 aliphatic rings. The summed E-state index contributed by atoms with van der Waals surface area (Å²) in [6.07, 6.45) is 0.259. The molecule has 0 unspecified atom stereocenters. The van der Waals surface area contributed by atoms with Crippen LogP contribution in [0.1, 0.15) is 33.0 Å². The molecule has 94 valence electrons. The first kappa shape index (κ1) is 13.2. The number of nitrogens with two attached hydrogens (primary N) is 2. The van der Waals surface area contributed by atoms with Crippen molar-refractivity contribution in [3.63, 3.8) is 0 Å². The van der Waals surface area contributed by atoms with Gasteiger partial charge in [0.25, 0.3) is 0 Å². The lowest BCUT2D eigenvalue weighted by Crippen LogP contribution is -2.20. The maximum absolute atomic E-state index is 10.6. The lowest BCUT2D eigenvalue weighted by molar-refractivity contribution is -0.117. The van der Waals surface area contributed by atoms with E-state index in [-0.39, 0.29) is 17.7 Å². The Hall–Kier alpha value is -1.85. The van der Waals surface area contributed by atoms with Gasteiger partial charge in [-0.15, -0.1) is 0 Å². The predicted molar refractivity (Wildman–Crippen MR) is 67.4 cm³/mol. The molecule has 0 saturated heterocycles. The van der Waals surface area contributed by atoms with E-state index in [0.717, 1.165) is 0 Å². The third kappa shape index (κ3) is 4.26. The summed E-state index contributed by atoms with van der Waals surface area (Å²) < 4.78 is 0. The lowest BCUT2D eigenvalue weighted by atomic mass is 9.96. The molecule has 6 nitrogen and oxygen atoms in total. The van der Waals surface area contributed by atoms with Crippen molar-refractivity contribution in [1.82, 2.24) is 9.97 Å². The molecule has 0 aliphatic heterocycles. The van der Waals surface area contributed by atoms with Crippen LogP contribution in [0.25, 0.3) is 0 Å². The molecule has 0 saturated carbocycles. The van der Waals surface area contributed by atoms with Crippen LogP contribution in [-0.4, -0.2) is 22.4 Å². The number of primary amides is 1. The average Bonchev–Trinajstić information content (AvgIpc) is 2.14. The Morgan fingerprint density at radius 2 is 2.06 bits per heavy atom. The van der Waals surface area contributed by atoms with Gasteiger partial charge in [0.1, 0.15) is 17.5 Å². The molecule has 0 atom stereocenters. The number of aromatic nitrogens is 2. The second-order valence-electron chi connectivity index (χ2n) is 4.89. The average molecular weight is 237 g/mol. The molecular weight excluding hydrogens is 218 g/mol. The molecule has 1 rings (SSSR count). The van der Waals surface area contributed by atoms with Crippen LogP contribution >= 0.6 is 0 Å².